The van der Waals surface area contributed by atoms with Crippen molar-refractivity contribution in [2.24, 2.45) is 0 Å². The van der Waals surface area contributed by atoms with Crippen molar-refractivity contribution in [3.8, 4) is 0 Å². The van der Waals surface area contributed by atoms with Crippen LogP contribution in [0.5, 0.6) is 0 Å². The Morgan fingerprint density at radius 3 is 2.21 bits per heavy atom. The van der Waals surface area contributed by atoms with E-state index in [0.717, 1.165) is 25.3 Å². The fourth-order valence-corrected chi connectivity index (χ4v) is 2.87. The van der Waals surface area contributed by atoms with E-state index in [1.807, 2.05) is 0 Å². The molecule has 0 aromatic heterocycles. The van der Waals surface area contributed by atoms with Crippen molar-refractivity contribution in [3.05, 3.63) is 0 Å². The van der Waals surface area contributed by atoms with Gasteiger partial charge in [0.25, 0.3) is 0 Å². The van der Waals surface area contributed by atoms with Gasteiger partial charge in [-0.15, -0.1) is 0 Å². The smallest absolute Gasteiger partial charge is 0.377 e. The molecule has 5 nitrogen and oxygen atoms in total. The van der Waals surface area contributed by atoms with Gasteiger partial charge in [0.15, 0.2) is 0 Å². The van der Waals surface area contributed by atoms with Crippen LogP contribution in [0.3, 0.4) is 0 Å². The summed E-state index contributed by atoms with van der Waals surface area (Å²) < 4.78 is 15.7. The fraction of sp³-hybridized carbons (Fsp3) is 0.875. The lowest BCUT2D eigenvalue weighted by atomic mass is 10.5. The van der Waals surface area contributed by atoms with Gasteiger partial charge in [0.1, 0.15) is 6.29 Å². The molecule has 0 aliphatic rings. The SMILES string of the molecule is CO[Si](CCCNCC=O)(OC)OC. The third-order valence-corrected chi connectivity index (χ3v) is 4.83. The molecule has 0 atom stereocenters. The lowest BCUT2D eigenvalue weighted by molar-refractivity contribution is -0.107. The van der Waals surface area contributed by atoms with Crippen molar-refractivity contribution >= 4 is 15.1 Å². The van der Waals surface area contributed by atoms with E-state index >= 15 is 0 Å². The number of rotatable bonds is 9. The monoisotopic (exact) mass is 221 g/mol. The van der Waals surface area contributed by atoms with Crippen molar-refractivity contribution in [2.45, 2.75) is 12.5 Å². The predicted molar refractivity (Wildman–Crippen MR) is 55.1 cm³/mol. The summed E-state index contributed by atoms with van der Waals surface area (Å²) in [4.78, 5) is 10.0. The standard InChI is InChI=1S/C8H19NO4Si/c1-11-14(12-2,13-3)8-4-5-9-6-7-10/h7,9H,4-6,8H2,1-3H3. The topological polar surface area (TPSA) is 56.8 Å². The van der Waals surface area contributed by atoms with Gasteiger partial charge in [-0.3, -0.25) is 0 Å². The van der Waals surface area contributed by atoms with Crippen LogP contribution < -0.4 is 5.32 Å². The lowest BCUT2D eigenvalue weighted by Crippen LogP contribution is -2.43. The Balaban J connectivity index is 3.65. The molecule has 6 heteroatoms. The summed E-state index contributed by atoms with van der Waals surface area (Å²) in [5.74, 6) is 0. The zero-order valence-corrected chi connectivity index (χ0v) is 10.0. The largest absolute Gasteiger partial charge is 0.500 e. The highest BCUT2D eigenvalue weighted by atomic mass is 28.4. The first-order valence-corrected chi connectivity index (χ1v) is 6.47. The van der Waals surface area contributed by atoms with Gasteiger partial charge in [0.2, 0.25) is 0 Å². The van der Waals surface area contributed by atoms with Crippen molar-refractivity contribution in [3.63, 3.8) is 0 Å². The average Bonchev–Trinajstić information content (AvgIpc) is 2.24. The van der Waals surface area contributed by atoms with Gasteiger partial charge in [-0.05, 0) is 13.0 Å². The second-order valence-electron chi connectivity index (χ2n) is 2.77. The van der Waals surface area contributed by atoms with E-state index in [9.17, 15) is 4.79 Å². The molecule has 0 aromatic carbocycles. The summed E-state index contributed by atoms with van der Waals surface area (Å²) in [5, 5.41) is 2.97. The van der Waals surface area contributed by atoms with E-state index in [2.05, 4.69) is 5.32 Å². The predicted octanol–water partition coefficient (Wildman–Crippen LogP) is 0.0431. The van der Waals surface area contributed by atoms with Gasteiger partial charge < -0.3 is 23.4 Å². The quantitative estimate of drug-likeness (QED) is 0.338. The van der Waals surface area contributed by atoms with Crippen LogP contribution in [0.4, 0.5) is 0 Å². The summed E-state index contributed by atoms with van der Waals surface area (Å²) in [7, 11) is 2.38. The van der Waals surface area contributed by atoms with Gasteiger partial charge in [-0.25, -0.2) is 0 Å². The minimum Gasteiger partial charge on any atom is -0.377 e. The zero-order chi connectivity index (χ0) is 10.9. The molecule has 1 N–H and O–H groups in total. The third-order valence-electron chi connectivity index (χ3n) is 2.00. The van der Waals surface area contributed by atoms with Crippen LogP contribution >= 0.6 is 0 Å². The summed E-state index contributed by atoms with van der Waals surface area (Å²) in [6.07, 6.45) is 1.71. The van der Waals surface area contributed by atoms with Crippen molar-refractivity contribution in [1.29, 1.82) is 0 Å². The maximum atomic E-state index is 10.0. The second kappa shape index (κ2) is 8.07. The molecule has 0 spiro atoms. The van der Waals surface area contributed by atoms with Gasteiger partial charge in [-0.2, -0.15) is 0 Å². The minimum absolute atomic E-state index is 0.390. The summed E-state index contributed by atoms with van der Waals surface area (Å²) >= 11 is 0. The molecule has 0 saturated carbocycles. The molecule has 84 valence electrons. The number of carbonyl (C=O) groups is 1. The molecule has 14 heavy (non-hydrogen) atoms. The first kappa shape index (κ1) is 13.7. The molecule has 0 fully saturated rings. The molecule has 0 heterocycles. The maximum Gasteiger partial charge on any atom is 0.500 e. The normalized spacial score (nSPS) is 11.6. The van der Waals surface area contributed by atoms with Gasteiger partial charge in [0.05, 0.1) is 6.54 Å². The Morgan fingerprint density at radius 1 is 1.21 bits per heavy atom. The molecule has 0 aliphatic carbocycles. The average molecular weight is 221 g/mol. The zero-order valence-electron chi connectivity index (χ0n) is 9.04. The first-order valence-electron chi connectivity index (χ1n) is 4.54. The molecule has 0 aromatic rings. The lowest BCUT2D eigenvalue weighted by Gasteiger charge is -2.24. The van der Waals surface area contributed by atoms with E-state index in [0.29, 0.717) is 6.54 Å². The van der Waals surface area contributed by atoms with Crippen molar-refractivity contribution < 1.29 is 18.1 Å². The van der Waals surface area contributed by atoms with Crippen molar-refractivity contribution in [1.82, 2.24) is 5.32 Å². The number of hydrogen-bond acceptors (Lipinski definition) is 5. The molecule has 0 rings (SSSR count). The highest BCUT2D eigenvalue weighted by molar-refractivity contribution is 6.60. The third kappa shape index (κ3) is 4.82. The Morgan fingerprint density at radius 2 is 1.79 bits per heavy atom. The minimum atomic E-state index is -2.41. The Kier molecular flexibility index (Phi) is 7.91. The number of aldehydes is 1. The van der Waals surface area contributed by atoms with Crippen LogP contribution in [0.2, 0.25) is 6.04 Å². The molecule has 0 unspecified atom stereocenters. The van der Waals surface area contributed by atoms with Crippen LogP contribution in [-0.2, 0) is 18.1 Å². The second-order valence-corrected chi connectivity index (χ2v) is 5.86. The van der Waals surface area contributed by atoms with Gasteiger partial charge in [0, 0.05) is 27.4 Å². The Hall–Kier alpha value is -0.273. The van der Waals surface area contributed by atoms with E-state index in [1.165, 1.54) is 0 Å². The number of nitrogens with one attached hydrogen (secondary N) is 1. The van der Waals surface area contributed by atoms with Crippen molar-refractivity contribution in [2.75, 3.05) is 34.4 Å². The molecular weight excluding hydrogens is 202 g/mol. The maximum absolute atomic E-state index is 10.0. The molecule has 0 aliphatic heterocycles. The van der Waals surface area contributed by atoms with Gasteiger partial charge >= 0.3 is 8.80 Å². The number of hydrogen-bond donors (Lipinski definition) is 1. The van der Waals surface area contributed by atoms with Crippen LogP contribution in [0, 0.1) is 0 Å². The highest BCUT2D eigenvalue weighted by Gasteiger charge is 2.36. The van der Waals surface area contributed by atoms with Crippen LogP contribution in [0.25, 0.3) is 0 Å². The molecule has 0 saturated heterocycles. The van der Waals surface area contributed by atoms with E-state index < -0.39 is 8.80 Å². The first-order chi connectivity index (χ1) is 6.74. The Labute approximate surface area is 86.1 Å². The fourth-order valence-electron chi connectivity index (χ4n) is 1.15. The van der Waals surface area contributed by atoms with Crippen LogP contribution in [-0.4, -0.2) is 49.5 Å². The molecular formula is C8H19NO4Si. The molecule has 0 bridgehead atoms. The van der Waals surface area contributed by atoms with E-state index in [4.69, 9.17) is 13.3 Å². The summed E-state index contributed by atoms with van der Waals surface area (Å²) in [6, 6.07) is 0.752. The molecule has 0 radical (unpaired) electrons. The number of carbonyl (C=O) groups excluding carboxylic acids is 1. The summed E-state index contributed by atoms with van der Waals surface area (Å²) in [5.41, 5.74) is 0. The summed E-state index contributed by atoms with van der Waals surface area (Å²) in [6.45, 7) is 1.16. The van der Waals surface area contributed by atoms with E-state index in [-0.39, 0.29) is 0 Å². The van der Waals surface area contributed by atoms with Crippen LogP contribution in [0.15, 0.2) is 0 Å². The van der Waals surface area contributed by atoms with E-state index in [1.54, 1.807) is 21.3 Å². The highest BCUT2D eigenvalue weighted by Crippen LogP contribution is 2.13. The van der Waals surface area contributed by atoms with Crippen LogP contribution in [0.1, 0.15) is 6.42 Å². The Bertz CT molecular complexity index is 144. The van der Waals surface area contributed by atoms with Gasteiger partial charge in [-0.1, -0.05) is 0 Å². The molecule has 0 amide bonds.